The number of nitriles is 1. The molecule has 0 spiro atoms. The molecule has 4 nitrogen and oxygen atoms in total. The van der Waals surface area contributed by atoms with E-state index in [1.54, 1.807) is 11.3 Å². The average molecular weight is 394 g/mol. The maximum absolute atomic E-state index is 12.4. The number of anilines is 1. The third kappa shape index (κ3) is 4.42. The molecule has 1 atom stereocenters. The molecular formula is C18H20ClN3OS2. The summed E-state index contributed by atoms with van der Waals surface area (Å²) in [6.07, 6.45) is 3.05. The first-order valence-electron chi connectivity index (χ1n) is 8.23. The number of carbonyl (C=O) groups excluding carboxylic acids is 1. The summed E-state index contributed by atoms with van der Waals surface area (Å²) in [4.78, 5) is 16.7. The van der Waals surface area contributed by atoms with E-state index in [1.165, 1.54) is 16.2 Å². The Bertz CT molecular complexity index is 821. The number of nitrogens with one attached hydrogen (secondary N) is 1. The van der Waals surface area contributed by atoms with E-state index in [1.807, 2.05) is 24.1 Å². The van der Waals surface area contributed by atoms with Crippen LogP contribution in [-0.2, 0) is 24.2 Å². The Morgan fingerprint density at radius 3 is 2.96 bits per heavy atom. The molecule has 7 heteroatoms. The van der Waals surface area contributed by atoms with Crippen molar-refractivity contribution < 1.29 is 4.79 Å². The number of halogens is 1. The molecule has 2 aromatic heterocycles. The van der Waals surface area contributed by atoms with Crippen molar-refractivity contribution in [2.24, 2.45) is 5.92 Å². The van der Waals surface area contributed by atoms with E-state index in [0.717, 1.165) is 34.0 Å². The molecule has 1 N–H and O–H groups in total. The van der Waals surface area contributed by atoms with E-state index in [0.29, 0.717) is 23.0 Å². The number of carbonyl (C=O) groups is 1. The van der Waals surface area contributed by atoms with Crippen LogP contribution in [0, 0.1) is 17.2 Å². The van der Waals surface area contributed by atoms with E-state index < -0.39 is 0 Å². The van der Waals surface area contributed by atoms with Gasteiger partial charge in [-0.05, 0) is 49.9 Å². The van der Waals surface area contributed by atoms with Gasteiger partial charge >= 0.3 is 0 Å². The van der Waals surface area contributed by atoms with Crippen LogP contribution in [0.15, 0.2) is 12.1 Å². The van der Waals surface area contributed by atoms with E-state index in [-0.39, 0.29) is 12.5 Å². The van der Waals surface area contributed by atoms with Gasteiger partial charge in [0, 0.05) is 16.3 Å². The first kappa shape index (κ1) is 18.4. The number of hydrogen-bond acceptors (Lipinski definition) is 5. The molecule has 0 fully saturated rings. The van der Waals surface area contributed by atoms with Gasteiger partial charge in [-0.1, -0.05) is 18.5 Å². The Morgan fingerprint density at radius 2 is 2.28 bits per heavy atom. The molecule has 0 bridgehead atoms. The lowest BCUT2D eigenvalue weighted by atomic mass is 9.89. The van der Waals surface area contributed by atoms with Crippen LogP contribution >= 0.6 is 34.3 Å². The summed E-state index contributed by atoms with van der Waals surface area (Å²) in [6.45, 7) is 3.19. The minimum absolute atomic E-state index is 0.0895. The van der Waals surface area contributed by atoms with Crippen molar-refractivity contribution in [3.63, 3.8) is 0 Å². The van der Waals surface area contributed by atoms with Crippen LogP contribution < -0.4 is 5.32 Å². The number of amides is 1. The third-order valence-corrected chi connectivity index (χ3v) is 6.73. The van der Waals surface area contributed by atoms with Crippen LogP contribution in [0.2, 0.25) is 4.34 Å². The monoisotopic (exact) mass is 393 g/mol. The van der Waals surface area contributed by atoms with E-state index >= 15 is 0 Å². The SMILES string of the molecule is CC1CCc2c(sc(NC(=O)CN(C)Cc3ccc(Cl)s3)c2C#N)C1. The number of rotatable bonds is 5. The van der Waals surface area contributed by atoms with Gasteiger partial charge in [-0.15, -0.1) is 22.7 Å². The molecule has 25 heavy (non-hydrogen) atoms. The van der Waals surface area contributed by atoms with Crippen LogP contribution in [0.5, 0.6) is 0 Å². The first-order chi connectivity index (χ1) is 12.0. The van der Waals surface area contributed by atoms with Crippen molar-refractivity contribution in [1.29, 1.82) is 5.26 Å². The lowest BCUT2D eigenvalue weighted by Crippen LogP contribution is -2.29. The Labute approximate surface area is 161 Å². The van der Waals surface area contributed by atoms with Crippen LogP contribution in [0.4, 0.5) is 5.00 Å². The van der Waals surface area contributed by atoms with Gasteiger partial charge in [0.1, 0.15) is 11.1 Å². The summed E-state index contributed by atoms with van der Waals surface area (Å²) in [5, 5.41) is 13.2. The second-order valence-electron chi connectivity index (χ2n) is 6.59. The van der Waals surface area contributed by atoms with Crippen molar-refractivity contribution in [2.75, 3.05) is 18.9 Å². The minimum atomic E-state index is -0.0895. The van der Waals surface area contributed by atoms with Gasteiger partial charge in [-0.25, -0.2) is 0 Å². The van der Waals surface area contributed by atoms with Crippen molar-refractivity contribution in [2.45, 2.75) is 32.7 Å². The molecule has 0 aliphatic heterocycles. The Kier molecular flexibility index (Phi) is 5.80. The van der Waals surface area contributed by atoms with Crippen LogP contribution in [0.1, 0.15) is 34.2 Å². The van der Waals surface area contributed by atoms with Gasteiger partial charge in [-0.3, -0.25) is 9.69 Å². The number of likely N-dealkylation sites (N-methyl/N-ethyl adjacent to an activating group) is 1. The van der Waals surface area contributed by atoms with Crippen LogP contribution in [0.3, 0.4) is 0 Å². The highest BCUT2D eigenvalue weighted by molar-refractivity contribution is 7.16. The fourth-order valence-electron chi connectivity index (χ4n) is 3.13. The van der Waals surface area contributed by atoms with Crippen molar-refractivity contribution in [1.82, 2.24) is 4.90 Å². The summed E-state index contributed by atoms with van der Waals surface area (Å²) >= 11 is 9.03. The van der Waals surface area contributed by atoms with E-state index in [9.17, 15) is 10.1 Å². The number of thiophene rings is 2. The van der Waals surface area contributed by atoms with Gasteiger partial charge in [0.2, 0.25) is 5.91 Å². The molecular weight excluding hydrogens is 374 g/mol. The Hall–Kier alpha value is -1.39. The minimum Gasteiger partial charge on any atom is -0.315 e. The summed E-state index contributed by atoms with van der Waals surface area (Å²) < 4.78 is 0.755. The van der Waals surface area contributed by atoms with Gasteiger partial charge in [-0.2, -0.15) is 5.26 Å². The highest BCUT2D eigenvalue weighted by Crippen LogP contribution is 2.39. The zero-order valence-electron chi connectivity index (χ0n) is 14.3. The normalized spacial score (nSPS) is 16.5. The van der Waals surface area contributed by atoms with E-state index in [4.69, 9.17) is 11.6 Å². The largest absolute Gasteiger partial charge is 0.315 e. The number of nitrogens with zero attached hydrogens (tertiary/aromatic N) is 2. The molecule has 0 aromatic carbocycles. The Morgan fingerprint density at radius 1 is 1.48 bits per heavy atom. The maximum atomic E-state index is 12.4. The van der Waals surface area contributed by atoms with Gasteiger partial charge in [0.05, 0.1) is 16.4 Å². The van der Waals surface area contributed by atoms with Crippen LogP contribution in [0.25, 0.3) is 0 Å². The van der Waals surface area contributed by atoms with Crippen molar-refractivity contribution in [3.8, 4) is 6.07 Å². The summed E-state index contributed by atoms with van der Waals surface area (Å²) in [6, 6.07) is 6.13. The molecule has 1 unspecified atom stereocenters. The predicted octanol–water partition coefficient (Wildman–Crippen LogP) is 4.53. The molecule has 0 saturated carbocycles. The molecule has 2 aromatic rings. The molecule has 0 saturated heterocycles. The quantitative estimate of drug-likeness (QED) is 0.811. The highest BCUT2D eigenvalue weighted by Gasteiger charge is 2.24. The van der Waals surface area contributed by atoms with Gasteiger partial charge in [0.15, 0.2) is 0 Å². The highest BCUT2D eigenvalue weighted by atomic mass is 35.5. The fraction of sp³-hybridized carbons (Fsp3) is 0.444. The van der Waals surface area contributed by atoms with E-state index in [2.05, 4.69) is 18.3 Å². The zero-order valence-corrected chi connectivity index (χ0v) is 16.7. The summed E-state index contributed by atoms with van der Waals surface area (Å²) in [5.74, 6) is 0.554. The maximum Gasteiger partial charge on any atom is 0.239 e. The molecule has 1 aliphatic carbocycles. The second-order valence-corrected chi connectivity index (χ2v) is 9.50. The zero-order chi connectivity index (χ0) is 18.0. The second kappa shape index (κ2) is 7.88. The fourth-order valence-corrected chi connectivity index (χ4v) is 5.67. The molecule has 1 amide bonds. The van der Waals surface area contributed by atoms with Crippen molar-refractivity contribution in [3.05, 3.63) is 37.4 Å². The molecule has 1 aliphatic rings. The molecule has 2 heterocycles. The number of fused-ring (bicyclic) bond motifs is 1. The molecule has 132 valence electrons. The smallest absolute Gasteiger partial charge is 0.239 e. The topological polar surface area (TPSA) is 56.1 Å². The number of hydrogen-bond donors (Lipinski definition) is 1. The first-order valence-corrected chi connectivity index (χ1v) is 10.2. The van der Waals surface area contributed by atoms with Crippen LogP contribution in [-0.4, -0.2) is 24.4 Å². The lowest BCUT2D eigenvalue weighted by molar-refractivity contribution is -0.117. The summed E-state index contributed by atoms with van der Waals surface area (Å²) in [5.41, 5.74) is 1.80. The summed E-state index contributed by atoms with van der Waals surface area (Å²) in [7, 11) is 1.90. The third-order valence-electron chi connectivity index (χ3n) is 4.34. The standard InChI is InChI=1S/C18H20ClN3OS2/c1-11-3-5-13-14(8-20)18(25-15(13)7-11)21-17(23)10-22(2)9-12-4-6-16(19)24-12/h4,6,11H,3,5,7,9-10H2,1-2H3,(H,21,23). The Balaban J connectivity index is 1.64. The average Bonchev–Trinajstić information content (AvgIpc) is 3.09. The molecule has 0 radical (unpaired) electrons. The lowest BCUT2D eigenvalue weighted by Gasteiger charge is -2.17. The van der Waals surface area contributed by atoms with Crippen molar-refractivity contribution >= 4 is 45.2 Å². The van der Waals surface area contributed by atoms with Gasteiger partial charge in [0.25, 0.3) is 0 Å². The van der Waals surface area contributed by atoms with Gasteiger partial charge < -0.3 is 5.32 Å². The predicted molar refractivity (Wildman–Crippen MR) is 105 cm³/mol. The molecule has 3 rings (SSSR count).